The molecular formula is C22H27NO6. The zero-order chi connectivity index (χ0) is 20.2. The molecular weight excluding hydrogens is 374 g/mol. The van der Waals surface area contributed by atoms with Crippen LogP contribution in [0.25, 0.3) is 0 Å². The van der Waals surface area contributed by atoms with Gasteiger partial charge in [-0.2, -0.15) is 0 Å². The van der Waals surface area contributed by atoms with E-state index in [1.165, 1.54) is 0 Å². The highest BCUT2D eigenvalue weighted by Gasteiger charge is 2.61. The van der Waals surface area contributed by atoms with Crippen molar-refractivity contribution in [1.82, 2.24) is 0 Å². The van der Waals surface area contributed by atoms with E-state index in [9.17, 15) is 14.7 Å². The molecule has 4 aliphatic carbocycles. The Balaban J connectivity index is 1.24. The number of esters is 1. The second-order valence-corrected chi connectivity index (χ2v) is 9.36. The first-order chi connectivity index (χ1) is 13.8. The number of fused-ring (bicyclic) bond motifs is 1. The minimum atomic E-state index is -0.918. The van der Waals surface area contributed by atoms with Crippen molar-refractivity contribution in [3.8, 4) is 11.5 Å². The van der Waals surface area contributed by atoms with Gasteiger partial charge in [-0.25, -0.2) is 0 Å². The van der Waals surface area contributed by atoms with E-state index in [4.69, 9.17) is 14.2 Å². The molecule has 1 aromatic rings. The monoisotopic (exact) mass is 401 g/mol. The fourth-order valence-electron chi connectivity index (χ4n) is 6.16. The molecule has 2 unspecified atom stereocenters. The van der Waals surface area contributed by atoms with Crippen molar-refractivity contribution in [3.63, 3.8) is 0 Å². The Morgan fingerprint density at radius 3 is 2.52 bits per heavy atom. The van der Waals surface area contributed by atoms with Gasteiger partial charge in [-0.05, 0) is 69.4 Å². The van der Waals surface area contributed by atoms with Gasteiger partial charge in [-0.15, -0.1) is 0 Å². The van der Waals surface area contributed by atoms with E-state index in [1.54, 1.807) is 25.1 Å². The maximum atomic E-state index is 13.0. The average Bonchev–Trinajstić information content (AvgIpc) is 2.66. The van der Waals surface area contributed by atoms with Crippen molar-refractivity contribution in [2.45, 2.75) is 57.2 Å². The van der Waals surface area contributed by atoms with Crippen LogP contribution in [0.2, 0.25) is 0 Å². The number of carbonyl (C=O) groups is 2. The molecule has 4 saturated carbocycles. The number of hydrogen-bond donors (Lipinski definition) is 2. The van der Waals surface area contributed by atoms with Crippen LogP contribution in [0.1, 0.15) is 45.4 Å². The quantitative estimate of drug-likeness (QED) is 0.754. The number of rotatable bonds is 4. The second-order valence-electron chi connectivity index (χ2n) is 9.36. The highest BCUT2D eigenvalue weighted by molar-refractivity contribution is 5.95. The molecule has 1 heterocycles. The van der Waals surface area contributed by atoms with Crippen molar-refractivity contribution < 1.29 is 28.9 Å². The number of ether oxygens (including phenoxy) is 3. The van der Waals surface area contributed by atoms with Crippen LogP contribution in [0.15, 0.2) is 18.2 Å². The lowest BCUT2D eigenvalue weighted by Gasteiger charge is -2.58. The predicted octanol–water partition coefficient (Wildman–Crippen LogP) is 2.66. The number of amides is 1. The SMILES string of the molecule is C[C@@H](OC(=O)C12C[C@@H]3C[C@@H](CC(O)(C3)C1)C2)C(=O)Nc1ccc2c(c1)OCCO2. The average molecular weight is 401 g/mol. The number of aliphatic hydroxyl groups is 1. The number of anilines is 1. The lowest BCUT2D eigenvalue weighted by Crippen LogP contribution is -2.59. The summed E-state index contributed by atoms with van der Waals surface area (Å²) >= 11 is 0. The minimum absolute atomic E-state index is 0.338. The van der Waals surface area contributed by atoms with Crippen molar-refractivity contribution in [3.05, 3.63) is 18.2 Å². The van der Waals surface area contributed by atoms with Gasteiger partial charge >= 0.3 is 5.97 Å². The first-order valence-corrected chi connectivity index (χ1v) is 10.5. The van der Waals surface area contributed by atoms with E-state index in [0.29, 0.717) is 48.7 Å². The number of benzene rings is 1. The summed E-state index contributed by atoms with van der Waals surface area (Å²) in [6.07, 6.45) is 3.75. The normalized spacial score (nSPS) is 35.1. The third-order valence-corrected chi connectivity index (χ3v) is 6.93. The predicted molar refractivity (Wildman–Crippen MR) is 104 cm³/mol. The fourth-order valence-corrected chi connectivity index (χ4v) is 6.16. The molecule has 5 aliphatic rings. The summed E-state index contributed by atoms with van der Waals surface area (Å²) in [6.45, 7) is 2.56. The van der Waals surface area contributed by atoms with Crippen LogP contribution in [-0.2, 0) is 14.3 Å². The summed E-state index contributed by atoms with van der Waals surface area (Å²) in [4.78, 5) is 25.6. The Kier molecular flexibility index (Phi) is 4.28. The summed E-state index contributed by atoms with van der Waals surface area (Å²) in [7, 11) is 0. The number of nitrogens with one attached hydrogen (secondary N) is 1. The van der Waals surface area contributed by atoms with Crippen molar-refractivity contribution in [2.24, 2.45) is 17.3 Å². The molecule has 0 spiro atoms. The molecule has 1 amide bonds. The highest BCUT2D eigenvalue weighted by Crippen LogP contribution is 2.62. The standard InChI is InChI=1S/C22H27NO6/c1-13(19(24)23-16-2-3-17-18(7-16)28-5-4-27-17)29-20(25)21-8-14-6-15(9-21)11-22(26,10-14)12-21/h2-3,7,13-15,26H,4-6,8-12H2,1H3,(H,23,24)/t13-,14-,15+,21?,22?/m1/s1. The third-order valence-electron chi connectivity index (χ3n) is 6.93. The zero-order valence-corrected chi connectivity index (χ0v) is 16.6. The van der Waals surface area contributed by atoms with Gasteiger partial charge in [0.2, 0.25) is 0 Å². The number of carbonyl (C=O) groups excluding carboxylic acids is 2. The van der Waals surface area contributed by atoms with Crippen LogP contribution in [0.4, 0.5) is 5.69 Å². The van der Waals surface area contributed by atoms with E-state index >= 15 is 0 Å². The summed E-state index contributed by atoms with van der Waals surface area (Å²) in [6, 6.07) is 5.18. The molecule has 0 radical (unpaired) electrons. The van der Waals surface area contributed by atoms with Crippen molar-refractivity contribution in [1.29, 1.82) is 0 Å². The zero-order valence-electron chi connectivity index (χ0n) is 16.6. The lowest BCUT2D eigenvalue weighted by atomic mass is 9.48. The van der Waals surface area contributed by atoms with Crippen molar-refractivity contribution >= 4 is 17.6 Å². The Morgan fingerprint density at radius 1 is 1.14 bits per heavy atom. The van der Waals surface area contributed by atoms with Gasteiger partial charge in [0.15, 0.2) is 17.6 Å². The Morgan fingerprint density at radius 2 is 1.83 bits per heavy atom. The van der Waals surface area contributed by atoms with Crippen LogP contribution in [-0.4, -0.2) is 41.9 Å². The Bertz CT molecular complexity index is 838. The van der Waals surface area contributed by atoms with Gasteiger partial charge in [0.05, 0.1) is 11.0 Å². The van der Waals surface area contributed by atoms with Crippen LogP contribution in [0, 0.1) is 17.3 Å². The summed E-state index contributed by atoms with van der Waals surface area (Å²) in [5.74, 6) is 1.27. The van der Waals surface area contributed by atoms with Gasteiger partial charge in [0.25, 0.3) is 5.91 Å². The lowest BCUT2D eigenvalue weighted by molar-refractivity contribution is -0.199. The van der Waals surface area contributed by atoms with Crippen LogP contribution in [0.3, 0.4) is 0 Å². The van der Waals surface area contributed by atoms with Gasteiger partial charge in [0, 0.05) is 11.8 Å². The minimum Gasteiger partial charge on any atom is -0.486 e. The molecule has 1 aromatic carbocycles. The topological polar surface area (TPSA) is 94.1 Å². The fraction of sp³-hybridized carbons (Fsp3) is 0.636. The molecule has 2 N–H and O–H groups in total. The molecule has 4 fully saturated rings. The molecule has 5 atom stereocenters. The largest absolute Gasteiger partial charge is 0.486 e. The smallest absolute Gasteiger partial charge is 0.312 e. The molecule has 156 valence electrons. The van der Waals surface area contributed by atoms with E-state index in [-0.39, 0.29) is 5.97 Å². The van der Waals surface area contributed by atoms with Crippen molar-refractivity contribution in [2.75, 3.05) is 18.5 Å². The van der Waals surface area contributed by atoms with Gasteiger partial charge < -0.3 is 24.6 Å². The number of hydrogen-bond acceptors (Lipinski definition) is 6. The van der Waals surface area contributed by atoms with Gasteiger partial charge in [-0.1, -0.05) is 0 Å². The van der Waals surface area contributed by atoms with E-state index in [0.717, 1.165) is 32.1 Å². The van der Waals surface area contributed by atoms with Gasteiger partial charge in [0.1, 0.15) is 13.2 Å². The van der Waals surface area contributed by atoms with E-state index in [2.05, 4.69) is 5.32 Å². The first-order valence-electron chi connectivity index (χ1n) is 10.5. The van der Waals surface area contributed by atoms with Crippen LogP contribution in [0.5, 0.6) is 11.5 Å². The van der Waals surface area contributed by atoms with E-state index in [1.807, 2.05) is 0 Å². The molecule has 0 saturated heterocycles. The maximum Gasteiger partial charge on any atom is 0.312 e. The maximum absolute atomic E-state index is 13.0. The Hall–Kier alpha value is -2.28. The first kappa shape index (κ1) is 18.7. The summed E-state index contributed by atoms with van der Waals surface area (Å²) < 4.78 is 16.6. The molecule has 1 aliphatic heterocycles. The second kappa shape index (κ2) is 6.62. The summed E-state index contributed by atoms with van der Waals surface area (Å²) in [5, 5.41) is 13.6. The van der Waals surface area contributed by atoms with E-state index < -0.39 is 23.0 Å². The molecule has 29 heavy (non-hydrogen) atoms. The van der Waals surface area contributed by atoms with Gasteiger partial charge in [-0.3, -0.25) is 9.59 Å². The molecule has 4 bridgehead atoms. The molecule has 7 nitrogen and oxygen atoms in total. The van der Waals surface area contributed by atoms with Crippen LogP contribution >= 0.6 is 0 Å². The molecule has 0 aromatic heterocycles. The molecule has 6 rings (SSSR count). The summed E-state index contributed by atoms with van der Waals surface area (Å²) in [5.41, 5.74) is -0.810. The highest BCUT2D eigenvalue weighted by atomic mass is 16.6. The van der Waals surface area contributed by atoms with Crippen LogP contribution < -0.4 is 14.8 Å². The Labute approximate surface area is 169 Å². The molecule has 7 heteroatoms. The third kappa shape index (κ3) is 3.35.